The molecule has 0 spiro atoms. The largest absolute Gasteiger partial charge is 0.480 e. The Bertz CT molecular complexity index is 1530. The summed E-state index contributed by atoms with van der Waals surface area (Å²) < 4.78 is 33.4. The summed E-state index contributed by atoms with van der Waals surface area (Å²) in [5, 5.41) is 16.0. The third-order valence-electron chi connectivity index (χ3n) is 8.31. The van der Waals surface area contributed by atoms with Gasteiger partial charge in [0.1, 0.15) is 12.1 Å². The van der Waals surface area contributed by atoms with E-state index in [9.17, 15) is 27.9 Å². The number of nitrogens with zero attached hydrogens (tertiary/aromatic N) is 1. The van der Waals surface area contributed by atoms with Gasteiger partial charge in [-0.25, -0.2) is 13.2 Å². The average molecular weight is 681 g/mol. The summed E-state index contributed by atoms with van der Waals surface area (Å²) in [5.41, 5.74) is 7.80. The van der Waals surface area contributed by atoms with Crippen LogP contribution in [0.4, 0.5) is 10.5 Å². The second kappa shape index (κ2) is 18.2. The minimum Gasteiger partial charge on any atom is -0.480 e. The minimum atomic E-state index is -4.15. The van der Waals surface area contributed by atoms with Crippen LogP contribution in [0.5, 0.6) is 0 Å². The number of amides is 2. The average Bonchev–Trinajstić information content (AvgIpc) is 3.07. The molecule has 0 saturated heterocycles. The van der Waals surface area contributed by atoms with Crippen molar-refractivity contribution in [3.05, 3.63) is 96.1 Å². The number of methoxy groups -OCH3 is 1. The van der Waals surface area contributed by atoms with Gasteiger partial charge in [-0.2, -0.15) is 4.31 Å². The molecule has 0 aliphatic carbocycles. The maximum atomic E-state index is 14.0. The van der Waals surface area contributed by atoms with E-state index in [0.717, 1.165) is 15.4 Å². The number of carboxylic acids is 1. The standard InChI is InChI=1S/C36H48N4O7S/c1-5-29(17-12-18-31(35(42)43)40(24-23-25(2)3)48(45,46)30-21-19-28(37)20-22-30)38-34(41)33(39-36(44)47-4)32(26-13-8-6-9-14-26)27-15-10-7-11-16-27/h6-11,13-16,19-22,25,29,31-33H,5,12,17-18,23-24,37H2,1-4H3,(H,38,41)(H,39,44)(H,42,43)/t29-,31-,33-/m0/s1. The number of aliphatic carboxylic acids is 1. The van der Waals surface area contributed by atoms with E-state index in [-0.39, 0.29) is 29.8 Å². The van der Waals surface area contributed by atoms with Crippen LogP contribution in [0.1, 0.15) is 69.9 Å². The molecular formula is C36H48N4O7S. The number of hydrogen-bond donors (Lipinski definition) is 4. The van der Waals surface area contributed by atoms with Crippen molar-refractivity contribution in [3.8, 4) is 0 Å². The van der Waals surface area contributed by atoms with Gasteiger partial charge in [-0.15, -0.1) is 0 Å². The molecule has 0 fully saturated rings. The number of nitrogens with one attached hydrogen (secondary N) is 2. The van der Waals surface area contributed by atoms with Crippen LogP contribution < -0.4 is 16.4 Å². The number of nitrogens with two attached hydrogens (primary N) is 1. The molecule has 3 aromatic rings. The monoisotopic (exact) mass is 680 g/mol. The minimum absolute atomic E-state index is 0.0269. The molecule has 3 aromatic carbocycles. The van der Waals surface area contributed by atoms with E-state index >= 15 is 0 Å². The zero-order valence-electron chi connectivity index (χ0n) is 28.0. The van der Waals surface area contributed by atoms with Gasteiger partial charge in [0.15, 0.2) is 0 Å². The fraction of sp³-hybridized carbons (Fsp3) is 0.417. The van der Waals surface area contributed by atoms with Crippen LogP contribution in [0.25, 0.3) is 0 Å². The highest BCUT2D eigenvalue weighted by molar-refractivity contribution is 7.89. The molecule has 0 aliphatic rings. The molecule has 3 rings (SSSR count). The normalized spacial score (nSPS) is 13.6. The van der Waals surface area contributed by atoms with E-state index in [1.54, 1.807) is 0 Å². The predicted molar refractivity (Wildman–Crippen MR) is 186 cm³/mol. The molecular weight excluding hydrogens is 632 g/mol. The summed E-state index contributed by atoms with van der Waals surface area (Å²) in [7, 11) is -2.91. The van der Waals surface area contributed by atoms with Gasteiger partial charge in [0.2, 0.25) is 15.9 Å². The molecule has 2 amide bonds. The predicted octanol–water partition coefficient (Wildman–Crippen LogP) is 5.38. The van der Waals surface area contributed by atoms with Crippen LogP contribution in [-0.2, 0) is 24.3 Å². The van der Waals surface area contributed by atoms with E-state index in [1.165, 1.54) is 31.4 Å². The lowest BCUT2D eigenvalue weighted by molar-refractivity contribution is -0.141. The van der Waals surface area contributed by atoms with Gasteiger partial charge in [-0.1, -0.05) is 81.4 Å². The number of carbonyl (C=O) groups is 3. The molecule has 0 saturated carbocycles. The van der Waals surface area contributed by atoms with Crippen LogP contribution in [0.15, 0.2) is 89.8 Å². The van der Waals surface area contributed by atoms with Crippen molar-refractivity contribution in [2.75, 3.05) is 19.4 Å². The third-order valence-corrected chi connectivity index (χ3v) is 10.2. The Morgan fingerprint density at radius 2 is 1.42 bits per heavy atom. The van der Waals surface area contributed by atoms with Crippen molar-refractivity contribution >= 4 is 33.7 Å². The number of carbonyl (C=O) groups excluding carboxylic acids is 2. The highest BCUT2D eigenvalue weighted by Crippen LogP contribution is 2.29. The van der Waals surface area contributed by atoms with Crippen molar-refractivity contribution in [1.82, 2.24) is 14.9 Å². The maximum Gasteiger partial charge on any atom is 0.407 e. The number of hydrogen-bond acceptors (Lipinski definition) is 7. The first-order valence-electron chi connectivity index (χ1n) is 16.2. The van der Waals surface area contributed by atoms with Gasteiger partial charge < -0.3 is 26.2 Å². The van der Waals surface area contributed by atoms with Crippen LogP contribution in [0.3, 0.4) is 0 Å². The lowest BCUT2D eigenvalue weighted by Crippen LogP contribution is -2.52. The molecule has 3 atom stereocenters. The lowest BCUT2D eigenvalue weighted by atomic mass is 9.84. The lowest BCUT2D eigenvalue weighted by Gasteiger charge is -2.30. The number of nitrogen functional groups attached to an aromatic ring is 1. The number of ether oxygens (including phenoxy) is 1. The van der Waals surface area contributed by atoms with Crippen molar-refractivity contribution < 1.29 is 32.6 Å². The summed E-state index contributed by atoms with van der Waals surface area (Å²) in [5.74, 6) is -2.06. The quantitative estimate of drug-likeness (QED) is 0.130. The smallest absolute Gasteiger partial charge is 0.407 e. The Balaban J connectivity index is 1.82. The number of sulfonamides is 1. The molecule has 0 radical (unpaired) electrons. The highest BCUT2D eigenvalue weighted by Gasteiger charge is 2.37. The van der Waals surface area contributed by atoms with Crippen LogP contribution in [-0.4, -0.2) is 67.6 Å². The van der Waals surface area contributed by atoms with Gasteiger partial charge in [0, 0.05) is 24.2 Å². The fourth-order valence-corrected chi connectivity index (χ4v) is 7.23. The van der Waals surface area contributed by atoms with Gasteiger partial charge in [-0.05, 0) is 73.4 Å². The summed E-state index contributed by atoms with van der Waals surface area (Å²) in [6.07, 6.45) is 0.988. The molecule has 0 bridgehead atoms. The van der Waals surface area contributed by atoms with Gasteiger partial charge in [-0.3, -0.25) is 9.59 Å². The first-order valence-corrected chi connectivity index (χ1v) is 17.7. The number of alkyl carbamates (subject to hydrolysis) is 1. The molecule has 12 heteroatoms. The van der Waals surface area contributed by atoms with E-state index in [1.807, 2.05) is 81.4 Å². The molecule has 48 heavy (non-hydrogen) atoms. The van der Waals surface area contributed by atoms with Crippen molar-refractivity contribution in [2.45, 2.75) is 81.8 Å². The van der Waals surface area contributed by atoms with E-state index in [4.69, 9.17) is 10.5 Å². The SMILES string of the molecule is CC[C@@H](CCC[C@@H](C(=O)O)N(CCC(C)C)S(=O)(=O)c1ccc(N)cc1)NC(=O)[C@@H](NC(=O)OC)C(c1ccccc1)c1ccccc1. The summed E-state index contributed by atoms with van der Waals surface area (Å²) in [6, 6.07) is 21.8. The molecule has 5 N–H and O–H groups in total. The first-order chi connectivity index (χ1) is 22.9. The first kappa shape index (κ1) is 38.0. The van der Waals surface area contributed by atoms with Crippen molar-refractivity contribution in [2.24, 2.45) is 5.92 Å². The zero-order valence-corrected chi connectivity index (χ0v) is 28.9. The topological polar surface area (TPSA) is 168 Å². The molecule has 0 aliphatic heterocycles. The molecule has 0 unspecified atom stereocenters. The number of benzene rings is 3. The summed E-state index contributed by atoms with van der Waals surface area (Å²) >= 11 is 0. The Hall–Kier alpha value is -4.42. The van der Waals surface area contributed by atoms with E-state index < -0.39 is 46.0 Å². The highest BCUT2D eigenvalue weighted by atomic mass is 32.2. The van der Waals surface area contributed by atoms with Gasteiger partial charge in [0.25, 0.3) is 0 Å². The molecule has 11 nitrogen and oxygen atoms in total. The Morgan fingerprint density at radius 3 is 1.90 bits per heavy atom. The number of carboxylic acid groups (broad SMARTS) is 1. The van der Waals surface area contributed by atoms with E-state index in [0.29, 0.717) is 31.4 Å². The third kappa shape index (κ3) is 10.5. The summed E-state index contributed by atoms with van der Waals surface area (Å²) in [6.45, 7) is 5.83. The van der Waals surface area contributed by atoms with Gasteiger partial charge in [0.05, 0.1) is 12.0 Å². The molecule has 260 valence electrons. The maximum absolute atomic E-state index is 14.0. The number of rotatable bonds is 18. The Labute approximate surface area is 283 Å². The Kier molecular flexibility index (Phi) is 14.4. The zero-order chi connectivity index (χ0) is 35.3. The Morgan fingerprint density at radius 1 is 0.854 bits per heavy atom. The fourth-order valence-electron chi connectivity index (χ4n) is 5.61. The molecule has 0 aromatic heterocycles. The second-order valence-corrected chi connectivity index (χ2v) is 14.1. The molecule has 0 heterocycles. The van der Waals surface area contributed by atoms with Crippen LogP contribution >= 0.6 is 0 Å². The second-order valence-electron chi connectivity index (χ2n) is 12.2. The number of anilines is 1. The van der Waals surface area contributed by atoms with Crippen molar-refractivity contribution in [1.29, 1.82) is 0 Å². The van der Waals surface area contributed by atoms with Gasteiger partial charge >= 0.3 is 12.1 Å². The van der Waals surface area contributed by atoms with E-state index in [2.05, 4.69) is 10.6 Å². The van der Waals surface area contributed by atoms with Crippen molar-refractivity contribution in [3.63, 3.8) is 0 Å². The summed E-state index contributed by atoms with van der Waals surface area (Å²) in [4.78, 5) is 39.0. The van der Waals surface area contributed by atoms with Crippen LogP contribution in [0, 0.1) is 5.92 Å². The van der Waals surface area contributed by atoms with Crippen LogP contribution in [0.2, 0.25) is 0 Å².